The van der Waals surface area contributed by atoms with E-state index in [9.17, 15) is 9.18 Å². The summed E-state index contributed by atoms with van der Waals surface area (Å²) in [7, 11) is 0. The van der Waals surface area contributed by atoms with Gasteiger partial charge in [0, 0.05) is 13.1 Å². The largest absolute Gasteiger partial charge is 0.352 e. The van der Waals surface area contributed by atoms with Crippen molar-refractivity contribution < 1.29 is 9.18 Å². The average Bonchev–Trinajstić information content (AvgIpc) is 2.87. The third-order valence-corrected chi connectivity index (χ3v) is 3.80. The van der Waals surface area contributed by atoms with Gasteiger partial charge in [-0.05, 0) is 44.0 Å². The number of nitrogens with one attached hydrogen (secondary N) is 1. The van der Waals surface area contributed by atoms with Gasteiger partial charge in [0.25, 0.3) is 5.91 Å². The van der Waals surface area contributed by atoms with Crippen LogP contribution in [0.4, 0.5) is 4.39 Å². The number of rotatable bonds is 4. The third kappa shape index (κ3) is 3.32. The normalized spacial score (nSPS) is 19.6. The summed E-state index contributed by atoms with van der Waals surface area (Å²) in [6, 6.07) is 4.91. The lowest BCUT2D eigenvalue weighted by atomic mass is 10.1. The van der Waals surface area contributed by atoms with E-state index in [1.54, 1.807) is 19.1 Å². The molecule has 1 atom stereocenters. The zero-order chi connectivity index (χ0) is 13.8. The molecule has 2 rings (SSSR count). The summed E-state index contributed by atoms with van der Waals surface area (Å²) in [5.74, 6) is -0.241. The van der Waals surface area contributed by atoms with Gasteiger partial charge in [0.1, 0.15) is 5.82 Å². The number of likely N-dealkylation sites (tertiary alicyclic amines) is 1. The van der Waals surface area contributed by atoms with Crippen LogP contribution in [-0.4, -0.2) is 37.0 Å². The topological polar surface area (TPSA) is 32.3 Å². The van der Waals surface area contributed by atoms with Gasteiger partial charge in [0.05, 0.1) is 5.56 Å². The Morgan fingerprint density at radius 3 is 3.00 bits per heavy atom. The number of carbonyl (C=O) groups excluding carboxylic acids is 1. The van der Waals surface area contributed by atoms with Crippen molar-refractivity contribution in [1.29, 1.82) is 0 Å². The number of amides is 1. The maximum atomic E-state index is 13.8. The Hall–Kier alpha value is -1.42. The van der Waals surface area contributed by atoms with Crippen LogP contribution >= 0.6 is 0 Å². The molecule has 0 aliphatic carbocycles. The molecule has 19 heavy (non-hydrogen) atoms. The van der Waals surface area contributed by atoms with Crippen LogP contribution in [-0.2, 0) is 0 Å². The van der Waals surface area contributed by atoms with Gasteiger partial charge in [-0.15, -0.1) is 0 Å². The molecular weight excluding hydrogens is 243 g/mol. The summed E-state index contributed by atoms with van der Waals surface area (Å²) in [4.78, 5) is 14.3. The number of carbonyl (C=O) groups is 1. The van der Waals surface area contributed by atoms with E-state index >= 15 is 0 Å². The molecule has 3 nitrogen and oxygen atoms in total. The van der Waals surface area contributed by atoms with E-state index in [4.69, 9.17) is 0 Å². The Balaban J connectivity index is 1.90. The molecule has 1 amide bonds. The number of benzene rings is 1. The fourth-order valence-electron chi connectivity index (χ4n) is 2.52. The third-order valence-electron chi connectivity index (χ3n) is 3.80. The Labute approximate surface area is 113 Å². The first-order valence-electron chi connectivity index (χ1n) is 6.87. The molecule has 1 N–H and O–H groups in total. The van der Waals surface area contributed by atoms with Crippen LogP contribution in [0.2, 0.25) is 0 Å². The molecule has 1 unspecified atom stereocenters. The second-order valence-corrected chi connectivity index (χ2v) is 5.19. The SMILES string of the molecule is CCN1CCC(CNC(=O)c2cccc(C)c2F)C1. The summed E-state index contributed by atoms with van der Waals surface area (Å²) in [6.45, 7) is 7.61. The predicted molar refractivity (Wildman–Crippen MR) is 73.7 cm³/mol. The first-order valence-corrected chi connectivity index (χ1v) is 6.87. The molecule has 1 aliphatic rings. The monoisotopic (exact) mass is 264 g/mol. The standard InChI is InChI=1S/C15H21FN2O/c1-3-18-8-7-12(10-18)9-17-15(19)13-6-4-5-11(2)14(13)16/h4-6,12H,3,7-10H2,1-2H3,(H,17,19). The fourth-order valence-corrected chi connectivity index (χ4v) is 2.52. The van der Waals surface area contributed by atoms with E-state index in [2.05, 4.69) is 17.1 Å². The lowest BCUT2D eigenvalue weighted by Gasteiger charge is -2.14. The summed E-state index contributed by atoms with van der Waals surface area (Å²) < 4.78 is 13.8. The maximum absolute atomic E-state index is 13.8. The van der Waals surface area contributed by atoms with Gasteiger partial charge in [0.15, 0.2) is 0 Å². The smallest absolute Gasteiger partial charge is 0.254 e. The second kappa shape index (κ2) is 6.15. The Bertz CT molecular complexity index is 461. The minimum absolute atomic E-state index is 0.144. The van der Waals surface area contributed by atoms with Gasteiger partial charge in [0.2, 0.25) is 0 Å². The first-order chi connectivity index (χ1) is 9.11. The van der Waals surface area contributed by atoms with E-state index < -0.39 is 5.82 Å². The van der Waals surface area contributed by atoms with Crippen LogP contribution in [0, 0.1) is 18.7 Å². The van der Waals surface area contributed by atoms with E-state index in [1.165, 1.54) is 6.07 Å². The highest BCUT2D eigenvalue weighted by Crippen LogP contribution is 2.15. The molecule has 0 saturated carbocycles. The van der Waals surface area contributed by atoms with Crippen molar-refractivity contribution in [3.63, 3.8) is 0 Å². The number of halogens is 1. The molecule has 1 aliphatic heterocycles. The van der Waals surface area contributed by atoms with E-state index in [0.29, 0.717) is 18.0 Å². The Kier molecular flexibility index (Phi) is 4.53. The Morgan fingerprint density at radius 1 is 1.53 bits per heavy atom. The van der Waals surface area contributed by atoms with Gasteiger partial charge in [-0.3, -0.25) is 4.79 Å². The first kappa shape index (κ1) is 14.0. The molecule has 4 heteroatoms. The van der Waals surface area contributed by atoms with Crippen LogP contribution in [0.1, 0.15) is 29.3 Å². The van der Waals surface area contributed by atoms with Crippen molar-refractivity contribution in [2.24, 2.45) is 5.92 Å². The minimum Gasteiger partial charge on any atom is -0.352 e. The average molecular weight is 264 g/mol. The van der Waals surface area contributed by atoms with Crippen LogP contribution in [0.3, 0.4) is 0 Å². The van der Waals surface area contributed by atoms with Crippen LogP contribution in [0.25, 0.3) is 0 Å². The number of hydrogen-bond acceptors (Lipinski definition) is 2. The van der Waals surface area contributed by atoms with Crippen molar-refractivity contribution in [1.82, 2.24) is 10.2 Å². The van der Waals surface area contributed by atoms with Gasteiger partial charge in [-0.2, -0.15) is 0 Å². The quantitative estimate of drug-likeness (QED) is 0.904. The van der Waals surface area contributed by atoms with E-state index in [0.717, 1.165) is 26.1 Å². The van der Waals surface area contributed by atoms with Crippen molar-refractivity contribution in [3.05, 3.63) is 35.1 Å². The zero-order valence-electron chi connectivity index (χ0n) is 11.6. The number of aryl methyl sites for hydroxylation is 1. The molecule has 0 aromatic heterocycles. The zero-order valence-corrected chi connectivity index (χ0v) is 11.6. The lowest BCUT2D eigenvalue weighted by molar-refractivity contribution is 0.0943. The van der Waals surface area contributed by atoms with Crippen LogP contribution in [0.15, 0.2) is 18.2 Å². The number of hydrogen-bond donors (Lipinski definition) is 1. The van der Waals surface area contributed by atoms with Gasteiger partial charge < -0.3 is 10.2 Å². The molecule has 0 bridgehead atoms. The Morgan fingerprint density at radius 2 is 2.32 bits per heavy atom. The molecule has 1 aromatic rings. The highest BCUT2D eigenvalue weighted by Gasteiger charge is 2.22. The molecular formula is C15H21FN2O. The highest BCUT2D eigenvalue weighted by molar-refractivity contribution is 5.94. The number of nitrogens with zero attached hydrogens (tertiary/aromatic N) is 1. The van der Waals surface area contributed by atoms with Gasteiger partial charge >= 0.3 is 0 Å². The van der Waals surface area contributed by atoms with Crippen molar-refractivity contribution in [2.75, 3.05) is 26.2 Å². The second-order valence-electron chi connectivity index (χ2n) is 5.19. The summed E-state index contributed by atoms with van der Waals surface area (Å²) in [5.41, 5.74) is 0.649. The molecule has 1 aromatic carbocycles. The molecule has 0 radical (unpaired) electrons. The van der Waals surface area contributed by atoms with Crippen LogP contribution < -0.4 is 5.32 Å². The summed E-state index contributed by atoms with van der Waals surface area (Å²) in [5, 5.41) is 2.85. The molecule has 1 saturated heterocycles. The van der Waals surface area contributed by atoms with Gasteiger partial charge in [-0.25, -0.2) is 4.39 Å². The summed E-state index contributed by atoms with van der Waals surface area (Å²) >= 11 is 0. The van der Waals surface area contributed by atoms with E-state index in [1.807, 2.05) is 0 Å². The van der Waals surface area contributed by atoms with Crippen LogP contribution in [0.5, 0.6) is 0 Å². The summed E-state index contributed by atoms with van der Waals surface area (Å²) in [6.07, 6.45) is 1.10. The predicted octanol–water partition coefficient (Wildman–Crippen LogP) is 2.21. The molecule has 1 heterocycles. The molecule has 104 valence electrons. The van der Waals surface area contributed by atoms with E-state index in [-0.39, 0.29) is 11.5 Å². The van der Waals surface area contributed by atoms with Gasteiger partial charge in [-0.1, -0.05) is 19.1 Å². The van der Waals surface area contributed by atoms with Crippen molar-refractivity contribution in [2.45, 2.75) is 20.3 Å². The van der Waals surface area contributed by atoms with Crippen molar-refractivity contribution >= 4 is 5.91 Å². The fraction of sp³-hybridized carbons (Fsp3) is 0.533. The molecule has 0 spiro atoms. The molecule has 1 fully saturated rings. The lowest BCUT2D eigenvalue weighted by Crippen LogP contribution is -2.31. The van der Waals surface area contributed by atoms with Crippen molar-refractivity contribution in [3.8, 4) is 0 Å². The maximum Gasteiger partial charge on any atom is 0.254 e. The highest BCUT2D eigenvalue weighted by atomic mass is 19.1. The minimum atomic E-state index is -0.415.